The van der Waals surface area contributed by atoms with Gasteiger partial charge in [0.15, 0.2) is 0 Å². The number of rotatable bonds is 4. The molecule has 1 unspecified atom stereocenters. The zero-order valence-electron chi connectivity index (χ0n) is 9.72. The molecule has 1 rings (SSSR count). The summed E-state index contributed by atoms with van der Waals surface area (Å²) in [5.41, 5.74) is 0. The minimum Gasteiger partial charge on any atom is -0.299 e. The van der Waals surface area contributed by atoms with E-state index in [9.17, 15) is 4.79 Å². The van der Waals surface area contributed by atoms with Crippen LogP contribution in [0.5, 0.6) is 0 Å². The van der Waals surface area contributed by atoms with Crippen molar-refractivity contribution in [1.82, 2.24) is 0 Å². The largest absolute Gasteiger partial charge is 0.299 e. The molecule has 0 N–H and O–H groups in total. The van der Waals surface area contributed by atoms with Crippen molar-refractivity contribution in [3.05, 3.63) is 0 Å². The first-order valence-electron chi connectivity index (χ1n) is 6.26. The molecule has 1 aliphatic rings. The van der Waals surface area contributed by atoms with Crippen molar-refractivity contribution < 1.29 is 4.79 Å². The zero-order valence-corrected chi connectivity index (χ0v) is 9.72. The number of carbonyl (C=O) groups excluding carboxylic acids is 1. The van der Waals surface area contributed by atoms with Crippen molar-refractivity contribution >= 4 is 5.78 Å². The second-order valence-electron chi connectivity index (χ2n) is 4.87. The summed E-state index contributed by atoms with van der Waals surface area (Å²) in [6.45, 7) is 4.36. The van der Waals surface area contributed by atoms with Gasteiger partial charge in [-0.2, -0.15) is 0 Å². The van der Waals surface area contributed by atoms with E-state index in [1.54, 1.807) is 0 Å². The van der Waals surface area contributed by atoms with Gasteiger partial charge in [0.1, 0.15) is 5.78 Å². The summed E-state index contributed by atoms with van der Waals surface area (Å²) in [6.07, 6.45) is 9.51. The molecular weight excluding hydrogens is 172 g/mol. The molecule has 0 aliphatic heterocycles. The van der Waals surface area contributed by atoms with Crippen molar-refractivity contribution in [1.29, 1.82) is 0 Å². The van der Waals surface area contributed by atoms with E-state index in [4.69, 9.17) is 0 Å². The monoisotopic (exact) mass is 196 g/mol. The Kier molecular flexibility index (Phi) is 5.21. The van der Waals surface area contributed by atoms with E-state index in [-0.39, 0.29) is 0 Å². The van der Waals surface area contributed by atoms with Crippen LogP contribution in [-0.2, 0) is 4.79 Å². The fourth-order valence-corrected chi connectivity index (χ4v) is 2.26. The summed E-state index contributed by atoms with van der Waals surface area (Å²) in [4.78, 5) is 11.9. The number of Topliss-reactive ketones (excluding diaryl/α,β-unsaturated/α-hetero) is 1. The van der Waals surface area contributed by atoms with E-state index in [1.807, 2.05) is 0 Å². The average Bonchev–Trinajstić information content (AvgIpc) is 2.45. The molecule has 1 saturated carbocycles. The molecule has 14 heavy (non-hydrogen) atoms. The number of ketones is 1. The van der Waals surface area contributed by atoms with Gasteiger partial charge in [0.2, 0.25) is 0 Å². The minimum atomic E-state index is 0.409. The van der Waals surface area contributed by atoms with Crippen LogP contribution in [0.4, 0.5) is 0 Å². The number of carbonyl (C=O) groups is 1. The van der Waals surface area contributed by atoms with Crippen LogP contribution in [0.15, 0.2) is 0 Å². The highest BCUT2D eigenvalue weighted by Gasteiger charge is 2.20. The van der Waals surface area contributed by atoms with Crippen LogP contribution in [0, 0.1) is 11.8 Å². The van der Waals surface area contributed by atoms with Crippen LogP contribution < -0.4 is 0 Å². The van der Waals surface area contributed by atoms with Crippen LogP contribution >= 0.6 is 0 Å². The molecular formula is C13H24O. The van der Waals surface area contributed by atoms with Crippen molar-refractivity contribution in [2.45, 2.75) is 65.2 Å². The van der Waals surface area contributed by atoms with Gasteiger partial charge >= 0.3 is 0 Å². The molecule has 0 bridgehead atoms. The Hall–Kier alpha value is -0.330. The van der Waals surface area contributed by atoms with Crippen LogP contribution in [0.3, 0.4) is 0 Å². The summed E-state index contributed by atoms with van der Waals surface area (Å²) in [7, 11) is 0. The second-order valence-corrected chi connectivity index (χ2v) is 4.87. The standard InChI is InChI=1S/C13H24O/c1-3-11(2)10-13(14)12-8-6-4-5-7-9-12/h11-12H,3-10H2,1-2H3. The Morgan fingerprint density at radius 1 is 1.21 bits per heavy atom. The highest BCUT2D eigenvalue weighted by molar-refractivity contribution is 5.81. The Bertz CT molecular complexity index is 166. The summed E-state index contributed by atoms with van der Waals surface area (Å²) >= 11 is 0. The molecule has 0 amide bonds. The molecule has 1 nitrogen and oxygen atoms in total. The van der Waals surface area contributed by atoms with E-state index in [0.717, 1.165) is 25.7 Å². The minimum absolute atomic E-state index is 0.409. The molecule has 82 valence electrons. The lowest BCUT2D eigenvalue weighted by molar-refractivity contribution is -0.124. The predicted molar refractivity (Wildman–Crippen MR) is 60.3 cm³/mol. The lowest BCUT2D eigenvalue weighted by atomic mass is 9.89. The van der Waals surface area contributed by atoms with Crippen LogP contribution in [-0.4, -0.2) is 5.78 Å². The first kappa shape index (κ1) is 11.7. The fourth-order valence-electron chi connectivity index (χ4n) is 2.26. The SMILES string of the molecule is CCC(C)CC(=O)C1CCCCCC1. The average molecular weight is 196 g/mol. The molecule has 0 heterocycles. The quantitative estimate of drug-likeness (QED) is 0.622. The van der Waals surface area contributed by atoms with Gasteiger partial charge in [-0.1, -0.05) is 46.0 Å². The summed E-state index contributed by atoms with van der Waals surface area (Å²) in [5, 5.41) is 0. The molecule has 0 saturated heterocycles. The Balaban J connectivity index is 2.34. The first-order valence-corrected chi connectivity index (χ1v) is 6.26. The number of hydrogen-bond acceptors (Lipinski definition) is 1. The third kappa shape index (κ3) is 3.81. The van der Waals surface area contributed by atoms with Crippen molar-refractivity contribution in [3.8, 4) is 0 Å². The van der Waals surface area contributed by atoms with Crippen LogP contribution in [0.25, 0.3) is 0 Å². The third-order valence-corrected chi connectivity index (χ3v) is 3.56. The maximum atomic E-state index is 11.9. The molecule has 0 aromatic heterocycles. The van der Waals surface area contributed by atoms with Gasteiger partial charge in [-0.15, -0.1) is 0 Å². The zero-order chi connectivity index (χ0) is 10.4. The van der Waals surface area contributed by atoms with Gasteiger partial charge in [-0.05, 0) is 18.8 Å². The summed E-state index contributed by atoms with van der Waals surface area (Å²) in [5.74, 6) is 1.54. The first-order chi connectivity index (χ1) is 6.74. The lowest BCUT2D eigenvalue weighted by Gasteiger charge is -2.15. The fraction of sp³-hybridized carbons (Fsp3) is 0.923. The highest BCUT2D eigenvalue weighted by atomic mass is 16.1. The van der Waals surface area contributed by atoms with E-state index < -0.39 is 0 Å². The molecule has 1 atom stereocenters. The van der Waals surface area contributed by atoms with E-state index in [0.29, 0.717) is 17.6 Å². The maximum absolute atomic E-state index is 11.9. The Morgan fingerprint density at radius 3 is 2.29 bits per heavy atom. The smallest absolute Gasteiger partial charge is 0.136 e. The molecule has 0 aromatic carbocycles. The van der Waals surface area contributed by atoms with E-state index in [2.05, 4.69) is 13.8 Å². The maximum Gasteiger partial charge on any atom is 0.136 e. The van der Waals surface area contributed by atoms with Gasteiger partial charge in [0.25, 0.3) is 0 Å². The van der Waals surface area contributed by atoms with Gasteiger partial charge < -0.3 is 0 Å². The van der Waals surface area contributed by atoms with Crippen molar-refractivity contribution in [2.75, 3.05) is 0 Å². The van der Waals surface area contributed by atoms with Gasteiger partial charge in [0, 0.05) is 12.3 Å². The van der Waals surface area contributed by atoms with Crippen LogP contribution in [0.1, 0.15) is 65.2 Å². The third-order valence-electron chi connectivity index (χ3n) is 3.56. The van der Waals surface area contributed by atoms with E-state index >= 15 is 0 Å². The lowest BCUT2D eigenvalue weighted by Crippen LogP contribution is -2.16. The Morgan fingerprint density at radius 2 is 1.79 bits per heavy atom. The molecule has 0 aromatic rings. The highest BCUT2D eigenvalue weighted by Crippen LogP contribution is 2.25. The normalized spacial score (nSPS) is 21.6. The Labute approximate surface area is 88.3 Å². The van der Waals surface area contributed by atoms with Gasteiger partial charge in [0.05, 0.1) is 0 Å². The molecule has 0 radical (unpaired) electrons. The van der Waals surface area contributed by atoms with Gasteiger partial charge in [-0.3, -0.25) is 4.79 Å². The van der Waals surface area contributed by atoms with Crippen molar-refractivity contribution in [2.24, 2.45) is 11.8 Å². The summed E-state index contributed by atoms with van der Waals surface area (Å²) in [6, 6.07) is 0. The molecule has 1 heteroatoms. The predicted octanol–water partition coefficient (Wildman–Crippen LogP) is 3.96. The molecule has 1 fully saturated rings. The van der Waals surface area contributed by atoms with Crippen LogP contribution in [0.2, 0.25) is 0 Å². The molecule has 0 spiro atoms. The van der Waals surface area contributed by atoms with Crippen molar-refractivity contribution in [3.63, 3.8) is 0 Å². The summed E-state index contributed by atoms with van der Waals surface area (Å²) < 4.78 is 0. The number of hydrogen-bond donors (Lipinski definition) is 0. The van der Waals surface area contributed by atoms with Gasteiger partial charge in [-0.25, -0.2) is 0 Å². The molecule has 1 aliphatic carbocycles. The second kappa shape index (κ2) is 6.21. The topological polar surface area (TPSA) is 17.1 Å². The van der Waals surface area contributed by atoms with E-state index in [1.165, 1.54) is 25.7 Å².